The minimum absolute atomic E-state index is 0.0607. The molecule has 1 aliphatic rings. The number of carbonyl (C=O) groups excluding carboxylic acids is 1. The minimum Gasteiger partial charge on any atom is -0.336 e. The molecule has 2 rings (SSSR count). The van der Waals surface area contributed by atoms with E-state index in [2.05, 4.69) is 6.58 Å². The van der Waals surface area contributed by atoms with E-state index in [-0.39, 0.29) is 5.92 Å². The summed E-state index contributed by atoms with van der Waals surface area (Å²) in [6, 6.07) is 4.83. The number of alkyl halides is 3. The van der Waals surface area contributed by atoms with Crippen molar-refractivity contribution in [3.05, 3.63) is 53.9 Å². The van der Waals surface area contributed by atoms with E-state index in [1.165, 1.54) is 17.0 Å². The first-order chi connectivity index (χ1) is 10.3. The first kappa shape index (κ1) is 16.3. The van der Waals surface area contributed by atoms with Crippen LogP contribution in [0.3, 0.4) is 0 Å². The van der Waals surface area contributed by atoms with Crippen LogP contribution in [0.5, 0.6) is 0 Å². The highest BCUT2D eigenvalue weighted by atomic mass is 19.4. The Kier molecular flexibility index (Phi) is 4.68. The van der Waals surface area contributed by atoms with Crippen LogP contribution in [0.15, 0.2) is 42.7 Å². The predicted octanol–water partition coefficient (Wildman–Crippen LogP) is 4.05. The Hall–Kier alpha value is -2.11. The fourth-order valence-corrected chi connectivity index (χ4v) is 2.33. The molecule has 0 aromatic heterocycles. The molecule has 1 saturated heterocycles. The maximum atomic E-state index is 12.8. The summed E-state index contributed by atoms with van der Waals surface area (Å²) in [5.74, 6) is -1.62. The monoisotopic (exact) mass is 313 g/mol. The largest absolute Gasteiger partial charge is 0.416 e. The predicted molar refractivity (Wildman–Crippen MR) is 75.4 cm³/mol. The second kappa shape index (κ2) is 6.34. The molecule has 1 aliphatic heterocycles. The Morgan fingerprint density at radius 1 is 1.27 bits per heavy atom. The van der Waals surface area contributed by atoms with Gasteiger partial charge in [0.15, 0.2) is 5.83 Å². The lowest BCUT2D eigenvalue weighted by Gasteiger charge is -2.13. The second-order valence-corrected chi connectivity index (χ2v) is 5.18. The van der Waals surface area contributed by atoms with Crippen LogP contribution in [0, 0.1) is 5.92 Å². The van der Waals surface area contributed by atoms with Crippen molar-refractivity contribution in [2.24, 2.45) is 5.92 Å². The SMILES string of the molecule is C=C(F)C(=O)N1CC[C@H](/C=C/c2ccc(C(F)(F)F)cc2)C1. The Morgan fingerprint density at radius 3 is 2.45 bits per heavy atom. The van der Waals surface area contributed by atoms with Crippen LogP contribution in [0.1, 0.15) is 17.5 Å². The van der Waals surface area contributed by atoms with Crippen molar-refractivity contribution in [2.45, 2.75) is 12.6 Å². The maximum absolute atomic E-state index is 12.8. The van der Waals surface area contributed by atoms with Crippen molar-refractivity contribution < 1.29 is 22.4 Å². The van der Waals surface area contributed by atoms with Gasteiger partial charge in [0.05, 0.1) is 5.56 Å². The zero-order chi connectivity index (χ0) is 16.3. The van der Waals surface area contributed by atoms with Crippen molar-refractivity contribution in [1.82, 2.24) is 4.90 Å². The van der Waals surface area contributed by atoms with Crippen molar-refractivity contribution in [3.63, 3.8) is 0 Å². The first-order valence-electron chi connectivity index (χ1n) is 6.76. The molecular weight excluding hydrogens is 298 g/mol. The third-order valence-electron chi connectivity index (χ3n) is 3.54. The molecule has 0 spiro atoms. The lowest BCUT2D eigenvalue weighted by Crippen LogP contribution is -2.28. The van der Waals surface area contributed by atoms with Gasteiger partial charge in [0, 0.05) is 13.1 Å². The summed E-state index contributed by atoms with van der Waals surface area (Å²) in [5.41, 5.74) is -0.0450. The number of hydrogen-bond donors (Lipinski definition) is 0. The van der Waals surface area contributed by atoms with Crippen LogP contribution in [-0.2, 0) is 11.0 Å². The van der Waals surface area contributed by atoms with E-state index < -0.39 is 23.5 Å². The number of carbonyl (C=O) groups is 1. The number of halogens is 4. The summed E-state index contributed by atoms with van der Waals surface area (Å²) >= 11 is 0. The normalized spacial score (nSPS) is 18.9. The molecule has 0 N–H and O–H groups in total. The first-order valence-corrected chi connectivity index (χ1v) is 6.76. The lowest BCUT2D eigenvalue weighted by atomic mass is 10.1. The number of hydrogen-bond acceptors (Lipinski definition) is 1. The smallest absolute Gasteiger partial charge is 0.336 e. The third kappa shape index (κ3) is 3.96. The summed E-state index contributed by atoms with van der Waals surface area (Å²) in [4.78, 5) is 12.8. The van der Waals surface area contributed by atoms with Crippen molar-refractivity contribution >= 4 is 12.0 Å². The molecule has 1 heterocycles. The third-order valence-corrected chi connectivity index (χ3v) is 3.54. The van der Waals surface area contributed by atoms with E-state index in [0.717, 1.165) is 12.1 Å². The summed E-state index contributed by atoms with van der Waals surface area (Å²) < 4.78 is 50.1. The van der Waals surface area contributed by atoms with E-state index in [1.807, 2.05) is 6.08 Å². The Labute approximate surface area is 125 Å². The van der Waals surface area contributed by atoms with Gasteiger partial charge in [-0.05, 0) is 30.0 Å². The van der Waals surface area contributed by atoms with Gasteiger partial charge in [0.2, 0.25) is 0 Å². The van der Waals surface area contributed by atoms with Gasteiger partial charge in [-0.25, -0.2) is 4.39 Å². The minimum atomic E-state index is -4.34. The Balaban J connectivity index is 1.96. The molecule has 1 fully saturated rings. The average molecular weight is 313 g/mol. The van der Waals surface area contributed by atoms with E-state index in [4.69, 9.17) is 0 Å². The van der Waals surface area contributed by atoms with Gasteiger partial charge in [-0.1, -0.05) is 30.9 Å². The number of benzene rings is 1. The number of amides is 1. The highest BCUT2D eigenvalue weighted by molar-refractivity contribution is 5.90. The van der Waals surface area contributed by atoms with Gasteiger partial charge in [0.1, 0.15) is 0 Å². The zero-order valence-corrected chi connectivity index (χ0v) is 11.7. The van der Waals surface area contributed by atoms with E-state index in [1.54, 1.807) is 6.08 Å². The standard InChI is InChI=1S/C16H15F4NO/c1-11(17)15(22)21-9-8-13(10-21)3-2-12-4-6-14(7-5-12)16(18,19)20/h2-7,13H,1,8-10H2/b3-2+/t13-/m0/s1. The molecule has 0 aliphatic carbocycles. The molecule has 0 unspecified atom stereocenters. The summed E-state index contributed by atoms with van der Waals surface area (Å²) in [6.07, 6.45) is -0.112. The number of rotatable bonds is 3. The lowest BCUT2D eigenvalue weighted by molar-refractivity contribution is -0.137. The van der Waals surface area contributed by atoms with Gasteiger partial charge in [-0.2, -0.15) is 13.2 Å². The molecule has 1 aromatic rings. The maximum Gasteiger partial charge on any atom is 0.416 e. The summed E-state index contributed by atoms with van der Waals surface area (Å²) in [7, 11) is 0. The summed E-state index contributed by atoms with van der Waals surface area (Å²) in [5, 5.41) is 0. The molecular formula is C16H15F4NO. The Morgan fingerprint density at radius 2 is 1.91 bits per heavy atom. The van der Waals surface area contributed by atoms with Crippen LogP contribution < -0.4 is 0 Å². The molecule has 2 nitrogen and oxygen atoms in total. The quantitative estimate of drug-likeness (QED) is 0.609. The number of likely N-dealkylation sites (tertiary alicyclic amines) is 1. The van der Waals surface area contributed by atoms with E-state index in [0.29, 0.717) is 25.1 Å². The van der Waals surface area contributed by atoms with Gasteiger partial charge in [-0.3, -0.25) is 4.79 Å². The Bertz CT molecular complexity index is 589. The van der Waals surface area contributed by atoms with Crippen molar-refractivity contribution in [1.29, 1.82) is 0 Å². The number of nitrogens with zero attached hydrogens (tertiary/aromatic N) is 1. The molecule has 1 aromatic carbocycles. The van der Waals surface area contributed by atoms with Crippen molar-refractivity contribution in [3.8, 4) is 0 Å². The van der Waals surface area contributed by atoms with Gasteiger partial charge < -0.3 is 4.90 Å². The van der Waals surface area contributed by atoms with Crippen LogP contribution in [0.4, 0.5) is 17.6 Å². The zero-order valence-electron chi connectivity index (χ0n) is 11.7. The van der Waals surface area contributed by atoms with Gasteiger partial charge in [-0.15, -0.1) is 0 Å². The second-order valence-electron chi connectivity index (χ2n) is 5.18. The molecule has 6 heteroatoms. The molecule has 118 valence electrons. The molecule has 0 saturated carbocycles. The fraction of sp³-hybridized carbons (Fsp3) is 0.312. The molecule has 1 amide bonds. The topological polar surface area (TPSA) is 20.3 Å². The van der Waals surface area contributed by atoms with Crippen molar-refractivity contribution in [2.75, 3.05) is 13.1 Å². The van der Waals surface area contributed by atoms with Gasteiger partial charge >= 0.3 is 6.18 Å². The van der Waals surface area contributed by atoms with Crippen LogP contribution in [-0.4, -0.2) is 23.9 Å². The molecule has 1 atom stereocenters. The van der Waals surface area contributed by atoms with Gasteiger partial charge in [0.25, 0.3) is 5.91 Å². The van der Waals surface area contributed by atoms with Crippen LogP contribution >= 0.6 is 0 Å². The molecule has 0 radical (unpaired) electrons. The van der Waals surface area contributed by atoms with E-state index in [9.17, 15) is 22.4 Å². The fourth-order valence-electron chi connectivity index (χ4n) is 2.33. The molecule has 22 heavy (non-hydrogen) atoms. The molecule has 0 bridgehead atoms. The summed E-state index contributed by atoms with van der Waals surface area (Å²) in [6.45, 7) is 3.81. The highest BCUT2D eigenvalue weighted by Crippen LogP contribution is 2.29. The van der Waals surface area contributed by atoms with Crippen LogP contribution in [0.2, 0.25) is 0 Å². The average Bonchev–Trinajstić information content (AvgIpc) is 2.92. The van der Waals surface area contributed by atoms with E-state index >= 15 is 0 Å². The van der Waals surface area contributed by atoms with Crippen LogP contribution in [0.25, 0.3) is 6.08 Å². The highest BCUT2D eigenvalue weighted by Gasteiger charge is 2.30.